The molecule has 0 radical (unpaired) electrons. The van der Waals surface area contributed by atoms with Gasteiger partial charge in [-0.15, -0.1) is 0 Å². The second-order valence-corrected chi connectivity index (χ2v) is 8.86. The molecule has 0 heterocycles. The Bertz CT molecular complexity index is 1250. The molecule has 4 nitrogen and oxygen atoms in total. The number of anilines is 2. The second kappa shape index (κ2) is 12.5. The van der Waals surface area contributed by atoms with Gasteiger partial charge in [-0.2, -0.15) is 0 Å². The van der Waals surface area contributed by atoms with E-state index in [1.54, 1.807) is 0 Å². The van der Waals surface area contributed by atoms with Gasteiger partial charge in [0.25, 0.3) is 0 Å². The first-order chi connectivity index (χ1) is 17.3. The zero-order valence-corrected chi connectivity index (χ0v) is 21.8. The van der Waals surface area contributed by atoms with E-state index in [0.717, 1.165) is 58.6 Å². The highest BCUT2D eigenvalue weighted by atomic mass is 15.5. The van der Waals surface area contributed by atoms with Gasteiger partial charge in [0.1, 0.15) is 11.6 Å². The van der Waals surface area contributed by atoms with Crippen molar-refractivity contribution in [2.45, 2.75) is 40.0 Å². The van der Waals surface area contributed by atoms with Gasteiger partial charge in [0.2, 0.25) is 0 Å². The Hall–Kier alpha value is -4.18. The van der Waals surface area contributed by atoms with E-state index < -0.39 is 0 Å². The van der Waals surface area contributed by atoms with Crippen LogP contribution in [0.1, 0.15) is 48.9 Å². The van der Waals surface area contributed by atoms with E-state index in [9.17, 15) is 0 Å². The maximum atomic E-state index is 4.43. The summed E-state index contributed by atoms with van der Waals surface area (Å²) in [6.45, 7) is 23.5. The van der Waals surface area contributed by atoms with E-state index in [2.05, 4.69) is 112 Å². The fraction of sp³-hybridized carbons (Fsp3) is 0.188. The SMILES string of the molecule is C=C(NNC(=C)N(C(=C)c1ccccc1C)c1cccc(CC)c1)Nc1cccc(C(=C)CCC)c1. The van der Waals surface area contributed by atoms with Gasteiger partial charge in [-0.05, 0) is 66.3 Å². The molecule has 3 aromatic carbocycles. The van der Waals surface area contributed by atoms with E-state index >= 15 is 0 Å². The fourth-order valence-electron chi connectivity index (χ4n) is 4.08. The van der Waals surface area contributed by atoms with Crippen molar-refractivity contribution >= 4 is 22.6 Å². The molecule has 3 rings (SSSR count). The Balaban J connectivity index is 1.76. The van der Waals surface area contributed by atoms with Gasteiger partial charge >= 0.3 is 0 Å². The molecule has 0 bridgehead atoms. The zero-order valence-electron chi connectivity index (χ0n) is 21.8. The van der Waals surface area contributed by atoms with Crippen molar-refractivity contribution in [2.75, 3.05) is 10.2 Å². The monoisotopic (exact) mass is 478 g/mol. The fourth-order valence-corrected chi connectivity index (χ4v) is 4.08. The number of aryl methyl sites for hydroxylation is 2. The van der Waals surface area contributed by atoms with Crippen LogP contribution >= 0.6 is 0 Å². The molecule has 36 heavy (non-hydrogen) atoms. The van der Waals surface area contributed by atoms with E-state index in [0.29, 0.717) is 11.6 Å². The van der Waals surface area contributed by atoms with Crippen molar-refractivity contribution < 1.29 is 0 Å². The van der Waals surface area contributed by atoms with Crippen LogP contribution < -0.4 is 21.1 Å². The smallest absolute Gasteiger partial charge is 0.122 e. The first-order valence-electron chi connectivity index (χ1n) is 12.4. The van der Waals surface area contributed by atoms with Crippen molar-refractivity contribution in [1.29, 1.82) is 0 Å². The molecule has 0 atom stereocenters. The Labute approximate surface area is 216 Å². The van der Waals surface area contributed by atoms with Gasteiger partial charge < -0.3 is 5.32 Å². The molecule has 0 aliphatic rings. The number of rotatable bonds is 13. The predicted molar refractivity (Wildman–Crippen MR) is 157 cm³/mol. The quantitative estimate of drug-likeness (QED) is 0.218. The van der Waals surface area contributed by atoms with Crippen molar-refractivity contribution in [2.24, 2.45) is 0 Å². The Morgan fingerprint density at radius 1 is 0.833 bits per heavy atom. The number of nitrogens with one attached hydrogen (secondary N) is 3. The molecule has 0 aliphatic carbocycles. The van der Waals surface area contributed by atoms with Gasteiger partial charge in [0.05, 0.1) is 0 Å². The number of nitrogens with zero attached hydrogens (tertiary/aromatic N) is 1. The summed E-state index contributed by atoms with van der Waals surface area (Å²) in [7, 11) is 0. The molecule has 0 fully saturated rings. The minimum atomic E-state index is 0.596. The predicted octanol–water partition coefficient (Wildman–Crippen LogP) is 8.00. The summed E-state index contributed by atoms with van der Waals surface area (Å²) >= 11 is 0. The third kappa shape index (κ3) is 6.70. The van der Waals surface area contributed by atoms with Gasteiger partial charge in [0.15, 0.2) is 0 Å². The number of allylic oxidation sites excluding steroid dienone is 1. The molecule has 4 heteroatoms. The summed E-state index contributed by atoms with van der Waals surface area (Å²) in [6, 6.07) is 24.8. The van der Waals surface area contributed by atoms with E-state index in [4.69, 9.17) is 0 Å². The maximum Gasteiger partial charge on any atom is 0.122 e. The molecular weight excluding hydrogens is 440 g/mol. The first kappa shape index (κ1) is 26.4. The standard InChI is InChI=1S/C32H38N4/c1-8-14-23(3)29-17-13-18-30(22-29)33-26(6)34-35-27(7)36(31-19-12-16-28(9-2)21-31)25(5)32-20-11-10-15-24(32)4/h10-13,15-22,33-35H,3,5-9,14H2,1-2,4H3. The van der Waals surface area contributed by atoms with Crippen LogP contribution in [-0.4, -0.2) is 0 Å². The highest BCUT2D eigenvalue weighted by Crippen LogP contribution is 2.30. The lowest BCUT2D eigenvalue weighted by atomic mass is 10.0. The molecule has 186 valence electrons. The van der Waals surface area contributed by atoms with E-state index in [1.165, 1.54) is 5.56 Å². The normalized spacial score (nSPS) is 10.3. The number of benzene rings is 3. The summed E-state index contributed by atoms with van der Waals surface area (Å²) in [5.74, 6) is 1.22. The van der Waals surface area contributed by atoms with Crippen LogP contribution in [0.5, 0.6) is 0 Å². The molecule has 0 aromatic heterocycles. The zero-order chi connectivity index (χ0) is 26.1. The van der Waals surface area contributed by atoms with Crippen molar-refractivity contribution in [3.8, 4) is 0 Å². The van der Waals surface area contributed by atoms with Crippen LogP contribution in [0.2, 0.25) is 0 Å². The molecule has 0 saturated heterocycles. The molecule has 0 aliphatic heterocycles. The van der Waals surface area contributed by atoms with Crippen LogP contribution in [0.4, 0.5) is 11.4 Å². The summed E-state index contributed by atoms with van der Waals surface area (Å²) in [6.07, 6.45) is 2.99. The van der Waals surface area contributed by atoms with Gasteiger partial charge in [-0.1, -0.05) is 95.1 Å². The third-order valence-electron chi connectivity index (χ3n) is 6.05. The third-order valence-corrected chi connectivity index (χ3v) is 6.05. The number of hydrogen-bond donors (Lipinski definition) is 3. The lowest BCUT2D eigenvalue weighted by Gasteiger charge is -2.31. The average Bonchev–Trinajstić information content (AvgIpc) is 2.88. The number of hydrazine groups is 1. The van der Waals surface area contributed by atoms with Crippen LogP contribution in [0.15, 0.2) is 111 Å². The summed E-state index contributed by atoms with van der Waals surface area (Å²) in [5, 5.41) is 3.31. The molecule has 0 amide bonds. The molecule has 3 N–H and O–H groups in total. The van der Waals surface area contributed by atoms with E-state index in [1.807, 2.05) is 29.2 Å². The summed E-state index contributed by atoms with van der Waals surface area (Å²) < 4.78 is 0. The number of hydrogen-bond acceptors (Lipinski definition) is 4. The molecular formula is C32H38N4. The average molecular weight is 479 g/mol. The van der Waals surface area contributed by atoms with Gasteiger partial charge in [-0.25, -0.2) is 0 Å². The Kier molecular flexibility index (Phi) is 9.18. The van der Waals surface area contributed by atoms with Crippen molar-refractivity contribution in [3.05, 3.63) is 133 Å². The van der Waals surface area contributed by atoms with Crippen molar-refractivity contribution in [1.82, 2.24) is 10.9 Å². The first-order valence-corrected chi connectivity index (χ1v) is 12.4. The van der Waals surface area contributed by atoms with Gasteiger partial charge in [-0.3, -0.25) is 15.8 Å². The van der Waals surface area contributed by atoms with Crippen LogP contribution in [0.25, 0.3) is 11.3 Å². The molecule has 3 aromatic rings. The summed E-state index contributed by atoms with van der Waals surface area (Å²) in [4.78, 5) is 2.02. The molecule has 0 spiro atoms. The second-order valence-electron chi connectivity index (χ2n) is 8.86. The summed E-state index contributed by atoms with van der Waals surface area (Å²) in [5.41, 5.74) is 14.8. The molecule has 0 unspecified atom stereocenters. The molecule has 0 saturated carbocycles. The minimum Gasteiger partial charge on any atom is -0.341 e. The van der Waals surface area contributed by atoms with E-state index in [-0.39, 0.29) is 0 Å². The van der Waals surface area contributed by atoms with Crippen LogP contribution in [0, 0.1) is 6.92 Å². The Morgan fingerprint density at radius 3 is 2.31 bits per heavy atom. The highest BCUT2D eigenvalue weighted by molar-refractivity contribution is 5.82. The lowest BCUT2D eigenvalue weighted by Crippen LogP contribution is -2.39. The van der Waals surface area contributed by atoms with Crippen LogP contribution in [-0.2, 0) is 6.42 Å². The topological polar surface area (TPSA) is 39.3 Å². The van der Waals surface area contributed by atoms with Gasteiger partial charge in [0, 0.05) is 22.6 Å². The lowest BCUT2D eigenvalue weighted by molar-refractivity contribution is 0.685. The van der Waals surface area contributed by atoms with Crippen LogP contribution in [0.3, 0.4) is 0 Å². The minimum absolute atomic E-state index is 0.596. The Morgan fingerprint density at radius 2 is 1.58 bits per heavy atom. The maximum absolute atomic E-state index is 4.43. The largest absolute Gasteiger partial charge is 0.341 e. The highest BCUT2D eigenvalue weighted by Gasteiger charge is 2.17. The van der Waals surface area contributed by atoms with Crippen molar-refractivity contribution in [3.63, 3.8) is 0 Å².